The Bertz CT molecular complexity index is 499. The minimum absolute atomic E-state index is 0. The van der Waals surface area contributed by atoms with Gasteiger partial charge in [-0.25, -0.2) is 9.59 Å². The van der Waals surface area contributed by atoms with Crippen molar-refractivity contribution in [2.24, 2.45) is 17.6 Å². The number of carboxylic acids is 1. The quantitative estimate of drug-likeness (QED) is 0.321. The van der Waals surface area contributed by atoms with Gasteiger partial charge in [-0.1, -0.05) is 46.0 Å². The molecule has 0 aromatic heterocycles. The molecule has 1 aliphatic rings. The molecule has 0 aromatic rings. The summed E-state index contributed by atoms with van der Waals surface area (Å²) in [7, 11) is 0. The molecule has 0 radical (unpaired) electrons. The molecule has 1 fully saturated rings. The smallest absolute Gasteiger partial charge is 0.326 e. The maximum atomic E-state index is 12.6. The SMILES string of the molecule is CC(C)CCNC(=O)[C@@H](CC1CCCCC1)NC(=O)NC(CCCN)C(=O)O.Cl. The van der Waals surface area contributed by atoms with Crippen LogP contribution in [-0.2, 0) is 9.59 Å². The molecule has 29 heavy (non-hydrogen) atoms. The summed E-state index contributed by atoms with van der Waals surface area (Å²) < 4.78 is 0. The number of hydrogen-bond donors (Lipinski definition) is 5. The van der Waals surface area contributed by atoms with Gasteiger partial charge >= 0.3 is 12.0 Å². The minimum Gasteiger partial charge on any atom is -0.480 e. The highest BCUT2D eigenvalue weighted by Crippen LogP contribution is 2.27. The van der Waals surface area contributed by atoms with Crippen LogP contribution in [0.1, 0.15) is 71.6 Å². The first-order valence-electron chi connectivity index (χ1n) is 10.6. The number of amides is 3. The molecule has 1 rings (SSSR count). The Labute approximate surface area is 180 Å². The van der Waals surface area contributed by atoms with E-state index in [9.17, 15) is 19.5 Å². The lowest BCUT2D eigenvalue weighted by atomic mass is 9.84. The lowest BCUT2D eigenvalue weighted by molar-refractivity contribution is -0.139. The number of carboxylic acid groups (broad SMARTS) is 1. The number of hydrogen-bond acceptors (Lipinski definition) is 4. The standard InChI is InChI=1S/C20H38N4O4.ClH/c1-14(2)10-12-22-18(25)17(13-15-7-4-3-5-8-15)24-20(28)23-16(19(26)27)9-6-11-21;/h14-17H,3-13,21H2,1-2H3,(H,22,25)(H,26,27)(H2,23,24,28);1H/t16?,17-;/m1./s1. The normalized spacial score (nSPS) is 16.4. The molecule has 3 amide bonds. The Morgan fingerprint density at radius 2 is 1.66 bits per heavy atom. The molecule has 9 heteroatoms. The molecule has 170 valence electrons. The average molecular weight is 435 g/mol. The van der Waals surface area contributed by atoms with Gasteiger partial charge in [0.15, 0.2) is 0 Å². The summed E-state index contributed by atoms with van der Waals surface area (Å²) >= 11 is 0. The Kier molecular flexibility index (Phi) is 14.5. The van der Waals surface area contributed by atoms with E-state index in [0.717, 1.165) is 32.1 Å². The van der Waals surface area contributed by atoms with E-state index in [1.165, 1.54) is 6.42 Å². The lowest BCUT2D eigenvalue weighted by Crippen LogP contribution is -2.54. The van der Waals surface area contributed by atoms with E-state index >= 15 is 0 Å². The molecular weight excluding hydrogens is 396 g/mol. The average Bonchev–Trinajstić information content (AvgIpc) is 2.64. The van der Waals surface area contributed by atoms with Crippen molar-refractivity contribution in [1.29, 1.82) is 0 Å². The molecule has 1 aliphatic carbocycles. The summed E-state index contributed by atoms with van der Waals surface area (Å²) in [5, 5.41) is 17.3. The summed E-state index contributed by atoms with van der Waals surface area (Å²) in [5.41, 5.74) is 5.43. The van der Waals surface area contributed by atoms with Gasteiger partial charge in [0.25, 0.3) is 0 Å². The Morgan fingerprint density at radius 1 is 1.03 bits per heavy atom. The van der Waals surface area contributed by atoms with Gasteiger partial charge in [-0.2, -0.15) is 0 Å². The van der Waals surface area contributed by atoms with E-state index in [2.05, 4.69) is 29.8 Å². The highest BCUT2D eigenvalue weighted by atomic mass is 35.5. The maximum absolute atomic E-state index is 12.6. The van der Waals surface area contributed by atoms with E-state index < -0.39 is 24.1 Å². The summed E-state index contributed by atoms with van der Waals surface area (Å²) in [6, 6.07) is -2.29. The third kappa shape index (κ3) is 11.9. The van der Waals surface area contributed by atoms with Gasteiger partial charge in [-0.15, -0.1) is 12.4 Å². The number of aliphatic carboxylic acids is 1. The summed E-state index contributed by atoms with van der Waals surface area (Å²) in [5.74, 6) is -0.418. The number of carbonyl (C=O) groups excluding carboxylic acids is 2. The predicted octanol–water partition coefficient (Wildman–Crippen LogP) is 2.40. The van der Waals surface area contributed by atoms with Gasteiger partial charge in [0.2, 0.25) is 5.91 Å². The molecule has 0 bridgehead atoms. The maximum Gasteiger partial charge on any atom is 0.326 e. The van der Waals surface area contributed by atoms with Crippen LogP contribution in [0.15, 0.2) is 0 Å². The summed E-state index contributed by atoms with van der Waals surface area (Å²) in [6.45, 7) is 5.10. The molecule has 1 unspecified atom stereocenters. The van der Waals surface area contributed by atoms with Gasteiger partial charge in [-0.05, 0) is 44.1 Å². The highest BCUT2D eigenvalue weighted by Gasteiger charge is 2.27. The van der Waals surface area contributed by atoms with E-state index in [1.54, 1.807) is 0 Å². The number of carbonyl (C=O) groups is 3. The largest absolute Gasteiger partial charge is 0.480 e. The second kappa shape index (κ2) is 15.3. The number of rotatable bonds is 12. The van der Waals surface area contributed by atoms with Crippen LogP contribution in [-0.4, -0.2) is 48.2 Å². The molecular formula is C20H39ClN4O4. The van der Waals surface area contributed by atoms with Crippen molar-refractivity contribution in [1.82, 2.24) is 16.0 Å². The van der Waals surface area contributed by atoms with Crippen molar-refractivity contribution >= 4 is 30.3 Å². The fraction of sp³-hybridized carbons (Fsp3) is 0.850. The second-order valence-electron chi connectivity index (χ2n) is 8.21. The first kappa shape index (κ1) is 27.5. The van der Waals surface area contributed by atoms with Crippen LogP contribution in [0.4, 0.5) is 4.79 Å². The number of nitrogens with two attached hydrogens (primary N) is 1. The Balaban J connectivity index is 0.00000784. The van der Waals surface area contributed by atoms with Crippen molar-refractivity contribution in [3.8, 4) is 0 Å². The zero-order valence-electron chi connectivity index (χ0n) is 17.7. The van der Waals surface area contributed by atoms with Crippen molar-refractivity contribution in [2.75, 3.05) is 13.1 Å². The zero-order valence-corrected chi connectivity index (χ0v) is 18.6. The number of urea groups is 1. The molecule has 6 N–H and O–H groups in total. The van der Waals surface area contributed by atoms with Crippen LogP contribution in [0.25, 0.3) is 0 Å². The van der Waals surface area contributed by atoms with Crippen molar-refractivity contribution in [3.63, 3.8) is 0 Å². The predicted molar refractivity (Wildman–Crippen MR) is 116 cm³/mol. The summed E-state index contributed by atoms with van der Waals surface area (Å²) in [6.07, 6.45) is 7.86. The van der Waals surface area contributed by atoms with Crippen molar-refractivity contribution < 1.29 is 19.5 Å². The van der Waals surface area contributed by atoms with E-state index in [0.29, 0.717) is 37.8 Å². The lowest BCUT2D eigenvalue weighted by Gasteiger charge is -2.27. The molecule has 1 saturated carbocycles. The molecule has 0 heterocycles. The van der Waals surface area contributed by atoms with Crippen molar-refractivity contribution in [3.05, 3.63) is 0 Å². The molecule has 2 atom stereocenters. The fourth-order valence-corrected chi connectivity index (χ4v) is 3.53. The number of nitrogens with one attached hydrogen (secondary N) is 3. The Hall–Kier alpha value is -1.54. The zero-order chi connectivity index (χ0) is 20.9. The van der Waals surface area contributed by atoms with Crippen LogP contribution in [0, 0.1) is 11.8 Å². The topological polar surface area (TPSA) is 134 Å². The van der Waals surface area contributed by atoms with Gasteiger partial charge < -0.3 is 26.8 Å². The summed E-state index contributed by atoms with van der Waals surface area (Å²) in [4.78, 5) is 36.3. The van der Waals surface area contributed by atoms with Crippen LogP contribution in [0.5, 0.6) is 0 Å². The first-order chi connectivity index (χ1) is 13.3. The van der Waals surface area contributed by atoms with E-state index in [4.69, 9.17) is 5.73 Å². The second-order valence-corrected chi connectivity index (χ2v) is 8.21. The molecule has 0 aliphatic heterocycles. The van der Waals surface area contributed by atoms with Crippen LogP contribution in [0.3, 0.4) is 0 Å². The van der Waals surface area contributed by atoms with Crippen LogP contribution in [0.2, 0.25) is 0 Å². The molecule has 0 saturated heterocycles. The molecule has 0 spiro atoms. The highest BCUT2D eigenvalue weighted by molar-refractivity contribution is 5.88. The van der Waals surface area contributed by atoms with Gasteiger partial charge in [-0.3, -0.25) is 4.79 Å². The number of halogens is 1. The fourth-order valence-electron chi connectivity index (χ4n) is 3.53. The van der Waals surface area contributed by atoms with E-state index in [1.807, 2.05) is 0 Å². The first-order valence-corrected chi connectivity index (χ1v) is 10.6. The third-order valence-corrected chi connectivity index (χ3v) is 5.24. The molecule has 0 aromatic carbocycles. The third-order valence-electron chi connectivity index (χ3n) is 5.24. The minimum atomic E-state index is -1.10. The van der Waals surface area contributed by atoms with Gasteiger partial charge in [0, 0.05) is 6.54 Å². The van der Waals surface area contributed by atoms with Crippen LogP contribution >= 0.6 is 12.4 Å². The monoisotopic (exact) mass is 434 g/mol. The molecule has 8 nitrogen and oxygen atoms in total. The Morgan fingerprint density at radius 3 is 2.21 bits per heavy atom. The van der Waals surface area contributed by atoms with Gasteiger partial charge in [0.1, 0.15) is 12.1 Å². The van der Waals surface area contributed by atoms with Gasteiger partial charge in [0.05, 0.1) is 0 Å². The van der Waals surface area contributed by atoms with Crippen molar-refractivity contribution in [2.45, 2.75) is 83.7 Å². The van der Waals surface area contributed by atoms with E-state index in [-0.39, 0.29) is 24.7 Å². The van der Waals surface area contributed by atoms with Crippen LogP contribution < -0.4 is 21.7 Å².